The van der Waals surface area contributed by atoms with Crippen molar-refractivity contribution in [1.82, 2.24) is 0 Å². The Kier molecular flexibility index (Phi) is 8.47. The first-order chi connectivity index (χ1) is 16.5. The van der Waals surface area contributed by atoms with Gasteiger partial charge in [-0.05, 0) is 47.0 Å². The van der Waals surface area contributed by atoms with E-state index in [1.165, 1.54) is 18.2 Å². The molecule has 0 saturated heterocycles. The highest BCUT2D eigenvalue weighted by molar-refractivity contribution is 9.10. The monoisotopic (exact) mass is 568 g/mol. The zero-order valence-electron chi connectivity index (χ0n) is 19.5. The van der Waals surface area contributed by atoms with E-state index in [0.717, 1.165) is 31.6 Å². The molecule has 3 rings (SSSR count). The van der Waals surface area contributed by atoms with Gasteiger partial charge in [0.05, 0.1) is 32.3 Å². The zero-order chi connectivity index (χ0) is 25.8. The largest absolute Gasteiger partial charge is 0.478 e. The highest BCUT2D eigenvalue weighted by atomic mass is 79.9. The number of ether oxygens (including phenoxy) is 1. The lowest BCUT2D eigenvalue weighted by atomic mass is 9.81. The molecule has 0 bridgehead atoms. The normalized spacial score (nSPS) is 20.2. The molecule has 11 heteroatoms. The average molecular weight is 569 g/mol. The van der Waals surface area contributed by atoms with Crippen molar-refractivity contribution in [2.24, 2.45) is 5.41 Å². The second kappa shape index (κ2) is 11.0. The number of hydrogen-bond donors (Lipinski definition) is 3. The first kappa shape index (κ1) is 27.0. The van der Waals surface area contributed by atoms with Crippen molar-refractivity contribution < 1.29 is 28.7 Å². The number of carboxylic acid groups (broad SMARTS) is 1. The van der Waals surface area contributed by atoms with E-state index in [-0.39, 0.29) is 22.1 Å². The van der Waals surface area contributed by atoms with Crippen LogP contribution in [0.2, 0.25) is 0 Å². The molecule has 9 nitrogen and oxygen atoms in total. The van der Waals surface area contributed by atoms with Crippen molar-refractivity contribution in [3.8, 4) is 5.75 Å². The molecule has 0 spiro atoms. The van der Waals surface area contributed by atoms with E-state index in [2.05, 4.69) is 22.9 Å². The molecule has 35 heavy (non-hydrogen) atoms. The predicted molar refractivity (Wildman–Crippen MR) is 140 cm³/mol. The van der Waals surface area contributed by atoms with Crippen LogP contribution in [0.3, 0.4) is 0 Å². The number of unbranched alkanes of at least 4 members (excludes halogenated alkanes) is 1. The number of aliphatic carboxylic acids is 1. The smallest absolute Gasteiger partial charge is 0.331 e. The summed E-state index contributed by atoms with van der Waals surface area (Å²) in [4.78, 5) is 23.8. The molecule has 2 aromatic rings. The molecule has 0 fully saturated rings. The summed E-state index contributed by atoms with van der Waals surface area (Å²) in [6.45, 7) is 4.62. The van der Waals surface area contributed by atoms with Gasteiger partial charge in [0.25, 0.3) is 5.69 Å². The number of fused-ring (bicyclic) bond motifs is 1. The molecule has 1 aliphatic heterocycles. The maximum Gasteiger partial charge on any atom is 0.331 e. The molecule has 2 aromatic carbocycles. The lowest BCUT2D eigenvalue weighted by Crippen LogP contribution is -2.37. The van der Waals surface area contributed by atoms with Crippen molar-refractivity contribution in [1.29, 1.82) is 0 Å². The highest BCUT2D eigenvalue weighted by Crippen LogP contribution is 2.62. The summed E-state index contributed by atoms with van der Waals surface area (Å²) < 4.78 is 28.8. The Balaban J connectivity index is 2.19. The van der Waals surface area contributed by atoms with Crippen molar-refractivity contribution in [2.45, 2.75) is 44.4 Å². The number of benzene rings is 2. The second-order valence-electron chi connectivity index (χ2n) is 8.64. The number of carbonyl (C=O) groups is 1. The summed E-state index contributed by atoms with van der Waals surface area (Å²) in [7, 11) is -3.26. The Bertz CT molecular complexity index is 1120. The van der Waals surface area contributed by atoms with Gasteiger partial charge in [-0.15, -0.1) is 0 Å². The Morgan fingerprint density at radius 1 is 1.29 bits per heavy atom. The van der Waals surface area contributed by atoms with E-state index < -0.39 is 26.9 Å². The van der Waals surface area contributed by atoms with Crippen LogP contribution in [0.5, 0.6) is 5.75 Å². The molecular formula is C24H29BrN2O7S. The van der Waals surface area contributed by atoms with Crippen LogP contribution in [-0.4, -0.2) is 37.4 Å². The van der Waals surface area contributed by atoms with Crippen LogP contribution in [-0.2, 0) is 4.79 Å². The minimum absolute atomic E-state index is 0.0315. The van der Waals surface area contributed by atoms with Gasteiger partial charge in [0, 0.05) is 41.6 Å². The van der Waals surface area contributed by atoms with Gasteiger partial charge in [0.15, 0.2) is 0 Å². The van der Waals surface area contributed by atoms with Gasteiger partial charge in [-0.2, -0.15) is 10.6 Å². The Labute approximate surface area is 214 Å². The summed E-state index contributed by atoms with van der Waals surface area (Å²) in [5.74, 6) is -0.769. The molecule has 1 unspecified atom stereocenters. The highest BCUT2D eigenvalue weighted by Gasteiger charge is 2.42. The number of nitro benzene ring substituents is 1. The summed E-state index contributed by atoms with van der Waals surface area (Å²) >= 11 is 3.45. The van der Waals surface area contributed by atoms with E-state index >= 15 is 0 Å². The molecule has 0 radical (unpaired) electrons. The van der Waals surface area contributed by atoms with Crippen LogP contribution in [0.4, 0.5) is 17.1 Å². The number of nitro groups is 1. The molecule has 0 aliphatic carbocycles. The summed E-state index contributed by atoms with van der Waals surface area (Å²) in [6.07, 6.45) is 5.25. The molecule has 0 saturated carbocycles. The number of hydrogen-bond acceptors (Lipinski definition) is 7. The minimum atomic E-state index is -3.26. The lowest BCUT2D eigenvalue weighted by molar-refractivity contribution is -0.384. The van der Waals surface area contributed by atoms with Gasteiger partial charge in [-0.25, -0.2) is 4.79 Å². The van der Waals surface area contributed by atoms with E-state index in [1.54, 1.807) is 18.2 Å². The van der Waals surface area contributed by atoms with Crippen LogP contribution < -0.4 is 9.64 Å². The zero-order valence-corrected chi connectivity index (χ0v) is 21.9. The van der Waals surface area contributed by atoms with Gasteiger partial charge in [0.2, 0.25) is 0 Å². The fourth-order valence-corrected chi connectivity index (χ4v) is 6.98. The van der Waals surface area contributed by atoms with Gasteiger partial charge in [-0.1, -0.05) is 26.7 Å². The summed E-state index contributed by atoms with van der Waals surface area (Å²) in [6, 6.07) is 9.41. The number of anilines is 2. The third-order valence-electron chi connectivity index (χ3n) is 6.25. The summed E-state index contributed by atoms with van der Waals surface area (Å²) in [5, 5.41) is 20.0. The standard InChI is InChI=1S/C24H29BrN2O7S/c1-3-5-11-24(4-2)15-26(17-6-8-18(9-7-17)27(30)31)20-13-19(25)21(34-12-10-23(28)29)14-22(20)35(32,33)16-24/h6-10,12-14,32-33H,3-5,11,15-16H2,1-2H3,(H,28,29)/b12-10+. The van der Waals surface area contributed by atoms with Crippen molar-refractivity contribution in [3.05, 3.63) is 63.3 Å². The second-order valence-corrected chi connectivity index (χ2v) is 11.6. The third-order valence-corrected chi connectivity index (χ3v) is 8.91. The van der Waals surface area contributed by atoms with E-state index in [9.17, 15) is 24.0 Å². The van der Waals surface area contributed by atoms with Crippen LogP contribution in [0.25, 0.3) is 0 Å². The Morgan fingerprint density at radius 2 is 1.97 bits per heavy atom. The molecular weight excluding hydrogens is 540 g/mol. The van der Waals surface area contributed by atoms with Crippen LogP contribution in [0, 0.1) is 15.5 Å². The fourth-order valence-electron chi connectivity index (χ4n) is 4.30. The van der Waals surface area contributed by atoms with Crippen LogP contribution in [0.1, 0.15) is 39.5 Å². The van der Waals surface area contributed by atoms with E-state index in [1.807, 2.05) is 11.8 Å². The predicted octanol–water partition coefficient (Wildman–Crippen LogP) is 7.18. The maximum absolute atomic E-state index is 11.4. The molecule has 0 aromatic heterocycles. The quantitative estimate of drug-likeness (QED) is 0.125. The molecule has 1 atom stereocenters. The maximum atomic E-state index is 11.4. The Hall–Kier alpha value is -2.60. The first-order valence-electron chi connectivity index (χ1n) is 11.2. The van der Waals surface area contributed by atoms with Crippen molar-refractivity contribution in [2.75, 3.05) is 17.2 Å². The van der Waals surface area contributed by atoms with Crippen molar-refractivity contribution >= 4 is 49.6 Å². The number of carboxylic acids is 1. The molecule has 1 heterocycles. The Morgan fingerprint density at radius 3 is 2.54 bits per heavy atom. The molecule has 0 amide bonds. The van der Waals surface area contributed by atoms with E-state index in [4.69, 9.17) is 9.84 Å². The topological polar surface area (TPSA) is 133 Å². The number of rotatable bonds is 9. The fraction of sp³-hybridized carbons (Fsp3) is 0.375. The number of halogens is 1. The van der Waals surface area contributed by atoms with Crippen LogP contribution in [0.15, 0.2) is 58.1 Å². The van der Waals surface area contributed by atoms with E-state index in [0.29, 0.717) is 28.8 Å². The molecule has 3 N–H and O–H groups in total. The van der Waals surface area contributed by atoms with Gasteiger partial charge >= 0.3 is 5.97 Å². The molecule has 190 valence electrons. The van der Waals surface area contributed by atoms with Crippen molar-refractivity contribution in [3.63, 3.8) is 0 Å². The van der Waals surface area contributed by atoms with Crippen LogP contribution >= 0.6 is 26.5 Å². The lowest BCUT2D eigenvalue weighted by Gasteiger charge is -2.41. The SMILES string of the molecule is CCCCC1(CC)CN(c2ccc([N+](=O)[O-])cc2)c2cc(Br)c(O/C=C/C(=O)O)cc2S(O)(O)C1. The van der Waals surface area contributed by atoms with Gasteiger partial charge in [0.1, 0.15) is 5.75 Å². The number of nitrogens with zero attached hydrogens (tertiary/aromatic N) is 2. The van der Waals surface area contributed by atoms with Gasteiger partial charge in [-0.3, -0.25) is 19.2 Å². The minimum Gasteiger partial charge on any atom is -0.478 e. The molecule has 1 aliphatic rings. The average Bonchev–Trinajstić information content (AvgIpc) is 2.90. The summed E-state index contributed by atoms with van der Waals surface area (Å²) in [5.41, 5.74) is 0.796. The van der Waals surface area contributed by atoms with Gasteiger partial charge < -0.3 is 14.7 Å². The number of non-ortho nitro benzene ring substituents is 1. The third kappa shape index (κ3) is 6.16. The first-order valence-corrected chi connectivity index (χ1v) is 13.7.